The molecule has 1 aliphatic heterocycles. The smallest absolute Gasteiger partial charge is 0.434 e. The van der Waals surface area contributed by atoms with E-state index in [0.717, 1.165) is 6.20 Å². The third-order valence-corrected chi connectivity index (χ3v) is 4.15. The predicted octanol–water partition coefficient (Wildman–Crippen LogP) is 4.00. The van der Waals surface area contributed by atoms with Crippen LogP contribution in [0.1, 0.15) is 32.0 Å². The summed E-state index contributed by atoms with van der Waals surface area (Å²) in [5.74, 6) is 0.513. The first kappa shape index (κ1) is 21.9. The number of ether oxygens (including phenoxy) is 3. The van der Waals surface area contributed by atoms with E-state index in [0.29, 0.717) is 23.5 Å². The number of aromatic nitrogens is 2. The molecule has 1 aliphatic rings. The van der Waals surface area contributed by atoms with Crippen molar-refractivity contribution in [3.05, 3.63) is 35.7 Å². The van der Waals surface area contributed by atoms with Crippen LogP contribution in [0.5, 0.6) is 5.75 Å². The van der Waals surface area contributed by atoms with Gasteiger partial charge in [0.1, 0.15) is 23.8 Å². The number of nitrogens with one attached hydrogen (secondary N) is 1. The Morgan fingerprint density at radius 1 is 1.23 bits per heavy atom. The molecule has 1 aromatic heterocycles. The zero-order valence-corrected chi connectivity index (χ0v) is 17.0. The zero-order chi connectivity index (χ0) is 21.9. The van der Waals surface area contributed by atoms with Gasteiger partial charge in [-0.25, -0.2) is 9.78 Å². The third-order valence-electron chi connectivity index (χ3n) is 4.15. The van der Waals surface area contributed by atoms with Crippen LogP contribution < -0.4 is 10.1 Å². The van der Waals surface area contributed by atoms with Crippen LogP contribution in [0.15, 0.2) is 24.4 Å². The van der Waals surface area contributed by atoms with Crippen molar-refractivity contribution in [2.24, 2.45) is 0 Å². The average Bonchev–Trinajstić information content (AvgIpc) is 3.06. The number of alkyl halides is 3. The van der Waals surface area contributed by atoms with Crippen molar-refractivity contribution in [3.63, 3.8) is 0 Å². The van der Waals surface area contributed by atoms with Gasteiger partial charge in [0, 0.05) is 19.3 Å². The highest BCUT2D eigenvalue weighted by Crippen LogP contribution is 2.35. The Bertz CT molecular complexity index is 904. The van der Waals surface area contributed by atoms with Crippen molar-refractivity contribution < 1.29 is 32.2 Å². The van der Waals surface area contributed by atoms with Crippen LogP contribution in [0.4, 0.5) is 18.0 Å². The maximum Gasteiger partial charge on any atom is 0.434 e. The molecule has 0 spiro atoms. The minimum Gasteiger partial charge on any atom is -0.490 e. The number of rotatable bonds is 2. The highest BCUT2D eigenvalue weighted by Gasteiger charge is 2.35. The fraction of sp³-hybridized carbons (Fsp3) is 0.500. The summed E-state index contributed by atoms with van der Waals surface area (Å²) in [4.78, 5) is 15.7. The fourth-order valence-electron chi connectivity index (χ4n) is 2.88. The topological polar surface area (TPSA) is 74.6 Å². The molecule has 0 unspecified atom stereocenters. The second-order valence-electron chi connectivity index (χ2n) is 7.79. The second-order valence-corrected chi connectivity index (χ2v) is 7.79. The Labute approximate surface area is 172 Å². The van der Waals surface area contributed by atoms with Crippen LogP contribution in [0.25, 0.3) is 11.4 Å². The average molecular weight is 427 g/mol. The molecule has 2 aromatic rings. The Hall–Kier alpha value is -2.75. The first-order chi connectivity index (χ1) is 14.0. The molecule has 0 saturated heterocycles. The lowest BCUT2D eigenvalue weighted by Crippen LogP contribution is -2.32. The number of nitrogens with zero attached hydrogens (tertiary/aromatic N) is 2. The molecule has 2 heterocycles. The number of carbonyl (C=O) groups is 1. The van der Waals surface area contributed by atoms with E-state index in [2.05, 4.69) is 10.3 Å². The molecular weight excluding hydrogens is 403 g/mol. The molecule has 3 rings (SSSR count). The Morgan fingerprint density at radius 3 is 2.70 bits per heavy atom. The molecule has 30 heavy (non-hydrogen) atoms. The lowest BCUT2D eigenvalue weighted by atomic mass is 10.1. The summed E-state index contributed by atoms with van der Waals surface area (Å²) < 4.78 is 57.3. The van der Waals surface area contributed by atoms with Gasteiger partial charge in [-0.2, -0.15) is 13.2 Å². The lowest BCUT2D eigenvalue weighted by molar-refractivity contribution is -0.140. The van der Waals surface area contributed by atoms with Crippen LogP contribution >= 0.6 is 0 Å². The number of fused-ring (bicyclic) bond motifs is 3. The number of alkyl carbamates (subject to hydrolysis) is 1. The minimum atomic E-state index is -4.56. The SMILES string of the molecule is CC(C)(C)OC(=O)NCc1ccc2c(c1)OCCOCCn1cc(C(F)(F)F)nc1-2. The van der Waals surface area contributed by atoms with Gasteiger partial charge < -0.3 is 24.1 Å². The van der Waals surface area contributed by atoms with E-state index in [1.165, 1.54) is 4.57 Å². The molecule has 1 N–H and O–H groups in total. The monoisotopic (exact) mass is 427 g/mol. The van der Waals surface area contributed by atoms with E-state index in [-0.39, 0.29) is 32.1 Å². The highest BCUT2D eigenvalue weighted by atomic mass is 19.4. The molecule has 0 saturated carbocycles. The van der Waals surface area contributed by atoms with Gasteiger partial charge in [0.05, 0.1) is 18.8 Å². The molecule has 1 amide bonds. The molecule has 0 aliphatic carbocycles. The van der Waals surface area contributed by atoms with Gasteiger partial charge in [0.25, 0.3) is 0 Å². The van der Waals surface area contributed by atoms with Crippen LogP contribution in [0.3, 0.4) is 0 Å². The zero-order valence-electron chi connectivity index (χ0n) is 17.0. The maximum atomic E-state index is 13.2. The van der Waals surface area contributed by atoms with Gasteiger partial charge >= 0.3 is 12.3 Å². The number of imidazole rings is 1. The standard InChI is InChI=1S/C20H24F3N3O4/c1-19(2,3)30-18(27)24-11-13-4-5-14-15(10-13)29-9-8-28-7-6-26-12-16(20(21,22)23)25-17(14)26/h4-5,10,12H,6-9,11H2,1-3H3,(H,24,27). The molecule has 0 radical (unpaired) electrons. The molecular formula is C20H24F3N3O4. The summed E-state index contributed by atoms with van der Waals surface area (Å²) in [5.41, 5.74) is -0.456. The fourth-order valence-corrected chi connectivity index (χ4v) is 2.88. The van der Waals surface area contributed by atoms with Gasteiger partial charge in [-0.3, -0.25) is 0 Å². The Morgan fingerprint density at radius 2 is 2.00 bits per heavy atom. The van der Waals surface area contributed by atoms with Crippen molar-refractivity contribution in [2.45, 2.75) is 45.6 Å². The van der Waals surface area contributed by atoms with E-state index >= 15 is 0 Å². The van der Waals surface area contributed by atoms with Crippen molar-refractivity contribution in [3.8, 4) is 17.1 Å². The number of hydrogen-bond acceptors (Lipinski definition) is 5. The molecule has 0 atom stereocenters. The van der Waals surface area contributed by atoms with Gasteiger partial charge in [-0.15, -0.1) is 0 Å². The van der Waals surface area contributed by atoms with Gasteiger partial charge in [-0.05, 0) is 38.5 Å². The van der Waals surface area contributed by atoms with E-state index in [1.807, 2.05) is 0 Å². The number of amides is 1. The van der Waals surface area contributed by atoms with Crippen molar-refractivity contribution in [2.75, 3.05) is 19.8 Å². The van der Waals surface area contributed by atoms with Crippen LogP contribution in [-0.2, 0) is 28.7 Å². The van der Waals surface area contributed by atoms with E-state index < -0.39 is 23.6 Å². The predicted molar refractivity (Wildman–Crippen MR) is 102 cm³/mol. The Kier molecular flexibility index (Phi) is 6.25. The molecule has 10 heteroatoms. The van der Waals surface area contributed by atoms with Crippen molar-refractivity contribution in [1.29, 1.82) is 0 Å². The number of hydrogen-bond donors (Lipinski definition) is 1. The van der Waals surface area contributed by atoms with E-state index in [1.54, 1.807) is 39.0 Å². The molecule has 0 bridgehead atoms. The van der Waals surface area contributed by atoms with Crippen LogP contribution in [-0.4, -0.2) is 41.1 Å². The summed E-state index contributed by atoms with van der Waals surface area (Å²) in [7, 11) is 0. The first-order valence-electron chi connectivity index (χ1n) is 9.48. The normalized spacial score (nSPS) is 14.9. The molecule has 164 valence electrons. The summed E-state index contributed by atoms with van der Waals surface area (Å²) in [6.45, 7) is 6.48. The number of carbonyl (C=O) groups excluding carboxylic acids is 1. The van der Waals surface area contributed by atoms with Crippen molar-refractivity contribution >= 4 is 6.09 Å². The highest BCUT2D eigenvalue weighted by molar-refractivity contribution is 5.68. The summed E-state index contributed by atoms with van der Waals surface area (Å²) >= 11 is 0. The number of benzene rings is 1. The number of halogens is 3. The minimum absolute atomic E-state index is 0.148. The summed E-state index contributed by atoms with van der Waals surface area (Å²) in [6.07, 6.45) is -4.15. The Balaban J connectivity index is 1.88. The van der Waals surface area contributed by atoms with Gasteiger partial charge in [0.2, 0.25) is 0 Å². The largest absolute Gasteiger partial charge is 0.490 e. The first-order valence-corrected chi connectivity index (χ1v) is 9.48. The molecule has 7 nitrogen and oxygen atoms in total. The van der Waals surface area contributed by atoms with Crippen molar-refractivity contribution in [1.82, 2.24) is 14.9 Å². The molecule has 1 aromatic carbocycles. The van der Waals surface area contributed by atoms with Gasteiger partial charge in [-0.1, -0.05) is 6.07 Å². The third kappa shape index (κ3) is 5.65. The second kappa shape index (κ2) is 8.55. The summed E-state index contributed by atoms with van der Waals surface area (Å²) in [5, 5.41) is 2.64. The molecule has 0 fully saturated rings. The lowest BCUT2D eigenvalue weighted by Gasteiger charge is -2.20. The quantitative estimate of drug-likeness (QED) is 0.784. The van der Waals surface area contributed by atoms with Crippen LogP contribution in [0.2, 0.25) is 0 Å². The van der Waals surface area contributed by atoms with E-state index in [4.69, 9.17) is 14.2 Å². The maximum absolute atomic E-state index is 13.2. The van der Waals surface area contributed by atoms with E-state index in [9.17, 15) is 18.0 Å². The van der Waals surface area contributed by atoms with Crippen LogP contribution in [0, 0.1) is 0 Å². The summed E-state index contributed by atoms with van der Waals surface area (Å²) in [6, 6.07) is 5.01. The van der Waals surface area contributed by atoms with Gasteiger partial charge in [0.15, 0.2) is 5.69 Å².